The minimum absolute atomic E-state index is 0.139. The molecule has 1 heterocycles. The van der Waals surface area contributed by atoms with E-state index in [9.17, 15) is 14.7 Å². The van der Waals surface area contributed by atoms with E-state index < -0.39 is 11.5 Å². The highest BCUT2D eigenvalue weighted by Crippen LogP contribution is 2.23. The molecule has 1 rings (SSSR count). The summed E-state index contributed by atoms with van der Waals surface area (Å²) in [4.78, 5) is 27.1. The number of hydrogen-bond acceptors (Lipinski definition) is 3. The Bertz CT molecular complexity index is 496. The SMILES string of the molecule is CCN(C(=O)NC(C)c1ccc(C)s1)C(C)(C)C(=O)O. The van der Waals surface area contributed by atoms with Crippen LogP contribution in [0.4, 0.5) is 4.79 Å². The molecule has 0 bridgehead atoms. The van der Waals surface area contributed by atoms with Crippen LogP contribution in [0.15, 0.2) is 12.1 Å². The number of thiophene rings is 1. The second-order valence-corrected chi connectivity index (χ2v) is 6.55. The summed E-state index contributed by atoms with van der Waals surface area (Å²) < 4.78 is 0. The van der Waals surface area contributed by atoms with Crippen molar-refractivity contribution in [3.8, 4) is 0 Å². The molecular formula is C14H22N2O3S. The molecule has 0 saturated carbocycles. The van der Waals surface area contributed by atoms with Crippen molar-refractivity contribution in [2.24, 2.45) is 0 Å². The number of likely N-dealkylation sites (N-methyl/N-ethyl adjacent to an activating group) is 1. The fourth-order valence-electron chi connectivity index (χ4n) is 1.93. The first-order valence-electron chi connectivity index (χ1n) is 6.58. The molecule has 5 nitrogen and oxygen atoms in total. The molecule has 112 valence electrons. The van der Waals surface area contributed by atoms with Crippen molar-refractivity contribution < 1.29 is 14.7 Å². The van der Waals surface area contributed by atoms with Crippen molar-refractivity contribution in [3.63, 3.8) is 0 Å². The van der Waals surface area contributed by atoms with Crippen LogP contribution in [-0.4, -0.2) is 34.1 Å². The molecule has 1 aromatic rings. The zero-order valence-corrected chi connectivity index (χ0v) is 13.4. The van der Waals surface area contributed by atoms with Gasteiger partial charge < -0.3 is 15.3 Å². The number of aliphatic carboxylic acids is 1. The number of aryl methyl sites for hydroxylation is 1. The Labute approximate surface area is 123 Å². The molecule has 0 aliphatic heterocycles. The van der Waals surface area contributed by atoms with E-state index in [0.717, 1.165) is 4.88 Å². The molecule has 0 spiro atoms. The zero-order chi connectivity index (χ0) is 15.5. The van der Waals surface area contributed by atoms with Gasteiger partial charge in [0.15, 0.2) is 0 Å². The maximum absolute atomic E-state index is 12.3. The Morgan fingerprint density at radius 1 is 1.45 bits per heavy atom. The minimum atomic E-state index is -1.23. The lowest BCUT2D eigenvalue weighted by atomic mass is 10.0. The van der Waals surface area contributed by atoms with Gasteiger partial charge in [-0.25, -0.2) is 9.59 Å². The number of amides is 2. The normalized spacial score (nSPS) is 12.8. The van der Waals surface area contributed by atoms with E-state index in [1.54, 1.807) is 18.3 Å². The number of urea groups is 1. The lowest BCUT2D eigenvalue weighted by Gasteiger charge is -2.34. The molecule has 0 aliphatic carbocycles. The van der Waals surface area contributed by atoms with Crippen LogP contribution >= 0.6 is 11.3 Å². The van der Waals surface area contributed by atoms with Gasteiger partial charge in [0.1, 0.15) is 5.54 Å². The second kappa shape index (κ2) is 6.26. The Morgan fingerprint density at radius 2 is 2.05 bits per heavy atom. The monoisotopic (exact) mass is 298 g/mol. The molecule has 6 heteroatoms. The highest BCUT2D eigenvalue weighted by Gasteiger charge is 2.37. The van der Waals surface area contributed by atoms with Gasteiger partial charge in [-0.1, -0.05) is 0 Å². The number of carbonyl (C=O) groups excluding carboxylic acids is 1. The Balaban J connectivity index is 2.80. The van der Waals surface area contributed by atoms with Gasteiger partial charge in [-0.15, -0.1) is 11.3 Å². The van der Waals surface area contributed by atoms with Crippen LogP contribution in [0.1, 0.15) is 43.5 Å². The molecular weight excluding hydrogens is 276 g/mol. The molecule has 0 fully saturated rings. The number of carbonyl (C=O) groups is 2. The molecule has 20 heavy (non-hydrogen) atoms. The number of nitrogens with one attached hydrogen (secondary N) is 1. The molecule has 0 radical (unpaired) electrons. The average molecular weight is 298 g/mol. The van der Waals surface area contributed by atoms with Crippen LogP contribution in [0.25, 0.3) is 0 Å². The summed E-state index contributed by atoms with van der Waals surface area (Å²) in [5.74, 6) is -1.02. The first kappa shape index (κ1) is 16.5. The summed E-state index contributed by atoms with van der Waals surface area (Å²) in [5, 5.41) is 12.1. The standard InChI is InChI=1S/C14H22N2O3S/c1-6-16(14(4,5)12(17)18)13(19)15-10(3)11-8-7-9(2)20-11/h7-8,10H,6H2,1-5H3,(H,15,19)(H,17,18). The summed E-state index contributed by atoms with van der Waals surface area (Å²) in [6, 6.07) is 3.48. The second-order valence-electron chi connectivity index (χ2n) is 5.23. The highest BCUT2D eigenvalue weighted by atomic mass is 32.1. The van der Waals surface area contributed by atoms with E-state index in [4.69, 9.17) is 0 Å². The van der Waals surface area contributed by atoms with Crippen molar-refractivity contribution >= 4 is 23.3 Å². The lowest BCUT2D eigenvalue weighted by molar-refractivity contribution is -0.147. The highest BCUT2D eigenvalue weighted by molar-refractivity contribution is 7.12. The summed E-state index contributed by atoms with van der Waals surface area (Å²) in [6.07, 6.45) is 0. The third-order valence-electron chi connectivity index (χ3n) is 3.29. The smallest absolute Gasteiger partial charge is 0.329 e. The van der Waals surface area contributed by atoms with Crippen LogP contribution in [0.2, 0.25) is 0 Å². The molecule has 0 saturated heterocycles. The van der Waals surface area contributed by atoms with Crippen molar-refractivity contribution in [1.82, 2.24) is 10.2 Å². The van der Waals surface area contributed by atoms with Gasteiger partial charge in [-0.2, -0.15) is 0 Å². The summed E-state index contributed by atoms with van der Waals surface area (Å²) in [5.41, 5.74) is -1.23. The number of carboxylic acid groups (broad SMARTS) is 1. The Morgan fingerprint density at radius 3 is 2.45 bits per heavy atom. The Hall–Kier alpha value is -1.56. The van der Waals surface area contributed by atoms with Crippen LogP contribution in [0, 0.1) is 6.92 Å². The van der Waals surface area contributed by atoms with Gasteiger partial charge in [0.05, 0.1) is 6.04 Å². The summed E-state index contributed by atoms with van der Waals surface area (Å²) >= 11 is 1.62. The predicted molar refractivity (Wildman–Crippen MR) is 80.1 cm³/mol. The third-order valence-corrected chi connectivity index (χ3v) is 4.47. The van der Waals surface area contributed by atoms with E-state index in [1.807, 2.05) is 26.0 Å². The Kier molecular flexibility index (Phi) is 5.16. The summed E-state index contributed by atoms with van der Waals surface area (Å²) in [7, 11) is 0. The van der Waals surface area contributed by atoms with Gasteiger partial charge in [0.2, 0.25) is 0 Å². The van der Waals surface area contributed by atoms with E-state index in [2.05, 4.69) is 5.32 Å². The maximum Gasteiger partial charge on any atom is 0.329 e. The molecule has 1 atom stereocenters. The van der Waals surface area contributed by atoms with Crippen molar-refractivity contribution in [2.45, 2.75) is 46.2 Å². The van der Waals surface area contributed by atoms with Gasteiger partial charge in [0.25, 0.3) is 0 Å². The van der Waals surface area contributed by atoms with Gasteiger partial charge in [-0.3, -0.25) is 0 Å². The number of rotatable bonds is 5. The molecule has 2 amide bonds. The van der Waals surface area contributed by atoms with Crippen LogP contribution in [0.3, 0.4) is 0 Å². The fraction of sp³-hybridized carbons (Fsp3) is 0.571. The summed E-state index contributed by atoms with van der Waals surface area (Å²) in [6.45, 7) is 9.06. The lowest BCUT2D eigenvalue weighted by Crippen LogP contribution is -2.56. The van der Waals surface area contributed by atoms with Gasteiger partial charge in [-0.05, 0) is 46.8 Å². The largest absolute Gasteiger partial charge is 0.480 e. The molecule has 1 unspecified atom stereocenters. The zero-order valence-electron chi connectivity index (χ0n) is 12.6. The first-order valence-corrected chi connectivity index (χ1v) is 7.39. The van der Waals surface area contributed by atoms with E-state index in [-0.39, 0.29) is 12.1 Å². The molecule has 1 aromatic heterocycles. The quantitative estimate of drug-likeness (QED) is 0.878. The number of hydrogen-bond donors (Lipinski definition) is 2. The first-order chi connectivity index (χ1) is 9.20. The minimum Gasteiger partial charge on any atom is -0.480 e. The van der Waals surface area contributed by atoms with Gasteiger partial charge in [0, 0.05) is 16.3 Å². The van der Waals surface area contributed by atoms with Crippen LogP contribution in [0.5, 0.6) is 0 Å². The topological polar surface area (TPSA) is 69.6 Å². The number of carboxylic acids is 1. The van der Waals surface area contributed by atoms with Crippen molar-refractivity contribution in [3.05, 3.63) is 21.9 Å². The van der Waals surface area contributed by atoms with Crippen LogP contribution < -0.4 is 5.32 Å². The third kappa shape index (κ3) is 3.50. The fourth-order valence-corrected chi connectivity index (χ4v) is 2.81. The molecule has 0 aliphatic rings. The maximum atomic E-state index is 12.3. The molecule has 0 aromatic carbocycles. The van der Waals surface area contributed by atoms with E-state index >= 15 is 0 Å². The van der Waals surface area contributed by atoms with Crippen molar-refractivity contribution in [2.75, 3.05) is 6.54 Å². The molecule has 2 N–H and O–H groups in total. The average Bonchev–Trinajstić information content (AvgIpc) is 2.76. The van der Waals surface area contributed by atoms with Crippen LogP contribution in [-0.2, 0) is 4.79 Å². The van der Waals surface area contributed by atoms with E-state index in [1.165, 1.54) is 23.6 Å². The predicted octanol–water partition coefficient (Wildman–Crippen LogP) is 3.01. The van der Waals surface area contributed by atoms with Gasteiger partial charge >= 0.3 is 12.0 Å². The van der Waals surface area contributed by atoms with Crippen molar-refractivity contribution in [1.29, 1.82) is 0 Å². The number of nitrogens with zero attached hydrogens (tertiary/aromatic N) is 1. The van der Waals surface area contributed by atoms with E-state index in [0.29, 0.717) is 6.54 Å².